The zero-order valence-corrected chi connectivity index (χ0v) is 22.3. The van der Waals surface area contributed by atoms with Gasteiger partial charge in [0, 0.05) is 17.1 Å². The molecule has 0 radical (unpaired) electrons. The highest BCUT2D eigenvalue weighted by atomic mass is 35.5. The minimum Gasteiger partial charge on any atom is -0.490 e. The number of imide groups is 1. The Morgan fingerprint density at radius 1 is 0.976 bits per heavy atom. The van der Waals surface area contributed by atoms with Crippen molar-refractivity contribution in [3.63, 3.8) is 0 Å². The van der Waals surface area contributed by atoms with Gasteiger partial charge in [0.15, 0.2) is 17.3 Å². The van der Waals surface area contributed by atoms with Crippen molar-refractivity contribution in [3.8, 4) is 11.5 Å². The average molecular weight is 605 g/mol. The number of ether oxygens (including phenoxy) is 2. The molecular formula is C26H23ClF6N4O4. The summed E-state index contributed by atoms with van der Waals surface area (Å²) in [5, 5.41) is 1.61. The van der Waals surface area contributed by atoms with Crippen LogP contribution in [0.15, 0.2) is 52.4 Å². The molecule has 1 fully saturated rings. The van der Waals surface area contributed by atoms with Gasteiger partial charge in [0.1, 0.15) is 11.8 Å². The van der Waals surface area contributed by atoms with Gasteiger partial charge >= 0.3 is 18.4 Å². The first-order valence-corrected chi connectivity index (χ1v) is 12.7. The predicted molar refractivity (Wildman–Crippen MR) is 136 cm³/mol. The molecule has 0 saturated carbocycles. The topological polar surface area (TPSA) is 92.6 Å². The second-order valence-corrected chi connectivity index (χ2v) is 9.39. The Balaban J connectivity index is 1.82. The minimum atomic E-state index is -6.11. The van der Waals surface area contributed by atoms with E-state index in [0.717, 1.165) is 12.1 Å². The fourth-order valence-corrected chi connectivity index (χ4v) is 4.76. The van der Waals surface area contributed by atoms with E-state index in [1.807, 2.05) is 0 Å². The van der Waals surface area contributed by atoms with Gasteiger partial charge in [-0.2, -0.15) is 26.3 Å². The van der Waals surface area contributed by atoms with Gasteiger partial charge in [0.2, 0.25) is 5.91 Å². The summed E-state index contributed by atoms with van der Waals surface area (Å²) in [7, 11) is 0. The summed E-state index contributed by atoms with van der Waals surface area (Å²) in [5.41, 5.74) is -4.68. The van der Waals surface area contributed by atoms with Crippen molar-refractivity contribution < 1.29 is 45.4 Å². The third-order valence-electron chi connectivity index (χ3n) is 6.37. The van der Waals surface area contributed by atoms with Crippen molar-refractivity contribution in [2.24, 2.45) is 15.9 Å². The van der Waals surface area contributed by atoms with Gasteiger partial charge in [-0.3, -0.25) is 15.0 Å². The molecule has 8 nitrogen and oxygen atoms in total. The molecule has 0 bridgehead atoms. The van der Waals surface area contributed by atoms with Crippen LogP contribution >= 0.6 is 11.6 Å². The molecule has 3 amide bonds. The number of amides is 3. The van der Waals surface area contributed by atoms with E-state index in [1.165, 1.54) is 12.1 Å². The number of alkyl halides is 6. The van der Waals surface area contributed by atoms with Gasteiger partial charge in [0.05, 0.1) is 13.2 Å². The SMILES string of the molecule is CCOc1ccc(CCN2C(=O)NC(=O)C3C2=NC(c2cccc(Cl)c2)=NC3(C(F)(F)F)C(F)(F)F)cc1OCC. The molecule has 0 aromatic heterocycles. The standard InChI is InChI=1S/C26H23ClF6N4O4/c1-3-40-17-9-8-14(12-18(17)41-4-2)10-11-37-21-19(22(38)35-23(37)39)24(25(28,29)30,26(31,32)33)36-20(34-21)15-6-5-7-16(27)13-15/h5-9,12-13,19H,3-4,10-11H2,1-2H3,(H,35,38,39). The normalized spacial score (nSPS) is 18.8. The maximum atomic E-state index is 14.5. The fraction of sp³-hybridized carbons (Fsp3) is 0.385. The largest absolute Gasteiger partial charge is 0.490 e. The number of nitrogens with zero attached hydrogens (tertiary/aromatic N) is 3. The van der Waals surface area contributed by atoms with E-state index in [2.05, 4.69) is 9.98 Å². The first-order valence-electron chi connectivity index (χ1n) is 12.3. The number of carbonyl (C=O) groups is 2. The number of aliphatic imine (C=N–C) groups is 2. The smallest absolute Gasteiger partial charge is 0.423 e. The number of halogens is 7. The first kappa shape index (κ1) is 30.2. The Morgan fingerprint density at radius 3 is 2.24 bits per heavy atom. The number of nitrogens with one attached hydrogen (secondary N) is 1. The highest BCUT2D eigenvalue weighted by Gasteiger charge is 2.79. The number of fused-ring (bicyclic) bond motifs is 1. The Kier molecular flexibility index (Phi) is 8.25. The lowest BCUT2D eigenvalue weighted by Crippen LogP contribution is -2.73. The van der Waals surface area contributed by atoms with Crippen LogP contribution in [0, 0.1) is 5.92 Å². The van der Waals surface area contributed by atoms with Crippen molar-refractivity contribution in [2.75, 3.05) is 19.8 Å². The van der Waals surface area contributed by atoms with Gasteiger partial charge in [-0.15, -0.1) is 0 Å². The van der Waals surface area contributed by atoms with Crippen LogP contribution in [0.3, 0.4) is 0 Å². The Labute approximate surface area is 235 Å². The Bertz CT molecular complexity index is 1400. The van der Waals surface area contributed by atoms with E-state index < -0.39 is 54.0 Å². The Hall–Kier alpha value is -3.81. The summed E-state index contributed by atoms with van der Waals surface area (Å²) < 4.78 is 97.9. The zero-order chi connectivity index (χ0) is 30.2. The minimum absolute atomic E-state index is 0.00735. The van der Waals surface area contributed by atoms with Crippen molar-refractivity contribution in [3.05, 3.63) is 58.6 Å². The van der Waals surface area contributed by atoms with Gasteiger partial charge in [-0.05, 0) is 50.1 Å². The van der Waals surface area contributed by atoms with E-state index >= 15 is 0 Å². The summed E-state index contributed by atoms with van der Waals surface area (Å²) in [6, 6.07) is 8.42. The van der Waals surface area contributed by atoms with Gasteiger partial charge in [-0.25, -0.2) is 14.8 Å². The number of hydrogen-bond donors (Lipinski definition) is 1. The van der Waals surface area contributed by atoms with Crippen LogP contribution in [-0.4, -0.2) is 66.2 Å². The first-order chi connectivity index (χ1) is 19.2. The highest BCUT2D eigenvalue weighted by Crippen LogP contribution is 2.53. The monoisotopic (exact) mass is 604 g/mol. The van der Waals surface area contributed by atoms with Crippen molar-refractivity contribution >= 4 is 35.2 Å². The van der Waals surface area contributed by atoms with E-state index in [0.29, 0.717) is 35.2 Å². The Morgan fingerprint density at radius 2 is 1.63 bits per heavy atom. The van der Waals surface area contributed by atoms with Crippen LogP contribution in [-0.2, 0) is 11.2 Å². The lowest BCUT2D eigenvalue weighted by Gasteiger charge is -2.45. The summed E-state index contributed by atoms with van der Waals surface area (Å²) >= 11 is 5.92. The number of carbonyl (C=O) groups excluding carboxylic acids is 2. The van der Waals surface area contributed by atoms with E-state index in [9.17, 15) is 35.9 Å². The summed E-state index contributed by atoms with van der Waals surface area (Å²) in [4.78, 5) is 33.1. The molecule has 0 aliphatic carbocycles. The molecule has 1 N–H and O–H groups in total. The van der Waals surface area contributed by atoms with Crippen LogP contribution in [0.4, 0.5) is 31.1 Å². The third kappa shape index (κ3) is 5.56. The second kappa shape index (κ2) is 11.2. The van der Waals surface area contributed by atoms with Crippen LogP contribution in [0.2, 0.25) is 5.02 Å². The lowest BCUT2D eigenvalue weighted by molar-refractivity contribution is -0.302. The van der Waals surface area contributed by atoms with E-state index in [4.69, 9.17) is 21.1 Å². The number of benzene rings is 2. The third-order valence-corrected chi connectivity index (χ3v) is 6.61. The van der Waals surface area contributed by atoms with Crippen molar-refractivity contribution in [1.82, 2.24) is 10.2 Å². The highest BCUT2D eigenvalue weighted by molar-refractivity contribution is 6.31. The summed E-state index contributed by atoms with van der Waals surface area (Å²) in [6.07, 6.45) is -12.3. The molecule has 2 heterocycles. The molecule has 2 aromatic carbocycles. The molecule has 220 valence electrons. The molecule has 1 unspecified atom stereocenters. The molecule has 0 spiro atoms. The average Bonchev–Trinajstić information content (AvgIpc) is 2.88. The molecule has 2 aromatic rings. The van der Waals surface area contributed by atoms with Crippen LogP contribution in [0.25, 0.3) is 0 Å². The van der Waals surface area contributed by atoms with Crippen LogP contribution in [0.1, 0.15) is 25.0 Å². The second-order valence-electron chi connectivity index (χ2n) is 8.95. The summed E-state index contributed by atoms with van der Waals surface area (Å²) in [6.45, 7) is 3.72. The van der Waals surface area contributed by atoms with Crippen LogP contribution in [0.5, 0.6) is 11.5 Å². The maximum Gasteiger partial charge on any atom is 0.423 e. The van der Waals surface area contributed by atoms with Crippen molar-refractivity contribution in [2.45, 2.75) is 38.2 Å². The van der Waals surface area contributed by atoms with E-state index in [-0.39, 0.29) is 17.0 Å². The zero-order valence-electron chi connectivity index (χ0n) is 21.6. The maximum absolute atomic E-state index is 14.5. The van der Waals surface area contributed by atoms with Crippen LogP contribution < -0.4 is 14.8 Å². The molecular weight excluding hydrogens is 582 g/mol. The van der Waals surface area contributed by atoms with Gasteiger partial charge in [-0.1, -0.05) is 29.8 Å². The molecule has 1 atom stereocenters. The number of amidine groups is 2. The number of rotatable bonds is 8. The molecule has 41 heavy (non-hydrogen) atoms. The lowest BCUT2D eigenvalue weighted by atomic mass is 9.78. The van der Waals surface area contributed by atoms with Crippen molar-refractivity contribution in [1.29, 1.82) is 0 Å². The van der Waals surface area contributed by atoms with Gasteiger partial charge < -0.3 is 9.47 Å². The fourth-order valence-electron chi connectivity index (χ4n) is 4.57. The molecule has 2 aliphatic heterocycles. The molecule has 1 saturated heterocycles. The quantitative estimate of drug-likeness (QED) is 0.399. The molecule has 2 aliphatic rings. The molecule has 4 rings (SSSR count). The van der Waals surface area contributed by atoms with Gasteiger partial charge in [0.25, 0.3) is 5.54 Å². The number of hydrogen-bond acceptors (Lipinski definition) is 6. The summed E-state index contributed by atoms with van der Waals surface area (Å²) in [5.74, 6) is -6.08. The van der Waals surface area contributed by atoms with E-state index in [1.54, 1.807) is 37.4 Å². The molecule has 15 heteroatoms. The number of urea groups is 1. The predicted octanol–water partition coefficient (Wildman–Crippen LogP) is 5.57.